The highest BCUT2D eigenvalue weighted by Gasteiger charge is 2.37. The number of para-hydroxylation sites is 9. The molecule has 5 heterocycles. The topological polar surface area (TPSA) is 35.9 Å². The van der Waals surface area contributed by atoms with E-state index in [0.29, 0.717) is 0 Å². The van der Waals surface area contributed by atoms with Crippen LogP contribution in [0.2, 0.25) is 0 Å². The van der Waals surface area contributed by atoms with Gasteiger partial charge in [-0.05, 0) is 172 Å². The molecular formula is C80H54N6. The highest BCUT2D eigenvalue weighted by Crippen LogP contribution is 2.54. The molecule has 0 bridgehead atoms. The number of hydrogen-bond acceptors (Lipinski definition) is 2. The van der Waals surface area contributed by atoms with Crippen LogP contribution < -0.4 is 4.90 Å². The van der Waals surface area contributed by atoms with Gasteiger partial charge in [0.05, 0.1) is 61.0 Å². The van der Waals surface area contributed by atoms with Gasteiger partial charge in [-0.25, -0.2) is 0 Å². The molecule has 0 fully saturated rings. The van der Waals surface area contributed by atoms with Crippen molar-refractivity contribution in [1.29, 1.82) is 0 Å². The average Bonchev–Trinajstić information content (AvgIpc) is 0.955. The molecule has 0 amide bonds. The summed E-state index contributed by atoms with van der Waals surface area (Å²) in [5.74, 6) is 0. The number of hydrogen-bond donors (Lipinski definition) is 0. The number of aromatic nitrogens is 5. The van der Waals surface area contributed by atoms with Gasteiger partial charge in [0, 0.05) is 72.4 Å². The van der Waals surface area contributed by atoms with Gasteiger partial charge >= 0.3 is 0 Å². The van der Waals surface area contributed by atoms with Crippen LogP contribution in [0.15, 0.2) is 291 Å². The number of pyridine rings is 1. The molecule has 18 rings (SSSR count). The minimum absolute atomic E-state index is 0.364. The zero-order chi connectivity index (χ0) is 56.8. The number of anilines is 3. The summed E-state index contributed by atoms with van der Waals surface area (Å²) in [6.07, 6.45) is 1.98. The van der Waals surface area contributed by atoms with Crippen molar-refractivity contribution < 1.29 is 0 Å². The number of nitrogens with zero attached hydrogens (tertiary/aromatic N) is 6. The van der Waals surface area contributed by atoms with E-state index in [1.807, 2.05) is 6.20 Å². The van der Waals surface area contributed by atoms with Crippen LogP contribution in [0.3, 0.4) is 0 Å². The monoisotopic (exact) mass is 1100 g/mol. The first kappa shape index (κ1) is 48.3. The maximum absolute atomic E-state index is 5.52. The molecular weight excluding hydrogens is 1040 g/mol. The standard InChI is InChI=1S/C80H54N6/c1-80(2)67-33-15-19-37-73(67)82(51-23-6-3-7-24-51)76-48-64-61-45-54(86-71-36-18-14-31-59(71)65-46-55(41-43-72(65)86)85-69-34-16-12-29-57(69)58-30-13-17-35-70(58)85)40-42-56(61)62-49-77-78(50-63(62)60-32-22-44-81-79(60)66(64)47-68(76)80)84(53-27-10-5-11-28-53)75-39-21-20-38-74(75)83(77)52-25-8-4-9-26-52/h3-50H,1-2H3. The van der Waals surface area contributed by atoms with Gasteiger partial charge in [-0.15, -0.1) is 0 Å². The van der Waals surface area contributed by atoms with Crippen LogP contribution in [0.25, 0.3) is 132 Å². The van der Waals surface area contributed by atoms with Crippen molar-refractivity contribution in [3.8, 4) is 22.7 Å². The van der Waals surface area contributed by atoms with Crippen LogP contribution in [-0.2, 0) is 5.41 Å². The van der Waals surface area contributed by atoms with Crippen LogP contribution in [0, 0.1) is 0 Å². The first-order chi connectivity index (χ1) is 42.5. The summed E-state index contributed by atoms with van der Waals surface area (Å²) in [6.45, 7) is 4.78. The third-order valence-electron chi connectivity index (χ3n) is 18.6. The lowest BCUT2D eigenvalue weighted by atomic mass is 9.72. The second kappa shape index (κ2) is 18.4. The maximum atomic E-state index is 5.52. The van der Waals surface area contributed by atoms with E-state index in [4.69, 9.17) is 4.98 Å². The minimum atomic E-state index is -0.364. The Labute approximate surface area is 495 Å². The van der Waals surface area contributed by atoms with Gasteiger partial charge in [-0.2, -0.15) is 0 Å². The van der Waals surface area contributed by atoms with Gasteiger partial charge in [-0.3, -0.25) is 4.98 Å². The Kier molecular flexibility index (Phi) is 10.3. The molecule has 0 saturated heterocycles. The van der Waals surface area contributed by atoms with E-state index in [2.05, 4.69) is 322 Å². The average molecular weight is 1100 g/mol. The van der Waals surface area contributed by atoms with Gasteiger partial charge in [0.2, 0.25) is 0 Å². The summed E-state index contributed by atoms with van der Waals surface area (Å²) in [5, 5.41) is 12.7. The largest absolute Gasteiger partial charge is 0.310 e. The fourth-order valence-electron chi connectivity index (χ4n) is 14.8. The van der Waals surface area contributed by atoms with Crippen LogP contribution >= 0.6 is 0 Å². The molecule has 86 heavy (non-hydrogen) atoms. The molecule has 6 nitrogen and oxygen atoms in total. The molecule has 404 valence electrons. The van der Waals surface area contributed by atoms with Gasteiger partial charge in [0.15, 0.2) is 0 Å². The smallest absolute Gasteiger partial charge is 0.0786 e. The van der Waals surface area contributed by atoms with Gasteiger partial charge in [-0.1, -0.05) is 166 Å². The van der Waals surface area contributed by atoms with E-state index in [1.165, 1.54) is 49.4 Å². The van der Waals surface area contributed by atoms with Crippen molar-refractivity contribution in [2.75, 3.05) is 4.90 Å². The van der Waals surface area contributed by atoms with Gasteiger partial charge < -0.3 is 23.2 Å². The quantitative estimate of drug-likeness (QED) is 0.161. The second-order valence-corrected chi connectivity index (χ2v) is 23.5. The normalized spacial score (nSPS) is 13.1. The molecule has 0 atom stereocenters. The Morgan fingerprint density at radius 3 is 1.28 bits per heavy atom. The predicted octanol–water partition coefficient (Wildman–Crippen LogP) is 21.0. The summed E-state index contributed by atoms with van der Waals surface area (Å²) in [7, 11) is 0. The van der Waals surface area contributed by atoms with E-state index >= 15 is 0 Å². The van der Waals surface area contributed by atoms with Crippen molar-refractivity contribution in [3.05, 3.63) is 302 Å². The van der Waals surface area contributed by atoms with Gasteiger partial charge in [0.25, 0.3) is 0 Å². The van der Waals surface area contributed by atoms with Crippen molar-refractivity contribution >= 4 is 126 Å². The number of benzene rings is 12. The Balaban J connectivity index is 1.01. The number of fused-ring (bicyclic) bond motifs is 18. The Bertz CT molecular complexity index is 5690. The molecule has 4 aromatic heterocycles. The van der Waals surface area contributed by atoms with Gasteiger partial charge in [0.1, 0.15) is 0 Å². The maximum Gasteiger partial charge on any atom is 0.0786 e. The van der Waals surface area contributed by atoms with E-state index in [-0.39, 0.29) is 5.41 Å². The van der Waals surface area contributed by atoms with Crippen LogP contribution in [0.4, 0.5) is 17.1 Å². The van der Waals surface area contributed by atoms with Crippen LogP contribution in [0.1, 0.15) is 25.0 Å². The van der Waals surface area contributed by atoms with Crippen molar-refractivity contribution in [3.63, 3.8) is 0 Å². The van der Waals surface area contributed by atoms with Crippen LogP contribution in [0.5, 0.6) is 0 Å². The van der Waals surface area contributed by atoms with E-state index in [0.717, 1.165) is 110 Å². The molecule has 1 aliphatic heterocycles. The summed E-state index contributed by atoms with van der Waals surface area (Å²) >= 11 is 0. The third kappa shape index (κ3) is 6.92. The lowest BCUT2D eigenvalue weighted by Gasteiger charge is -2.42. The Morgan fingerprint density at radius 1 is 0.244 bits per heavy atom. The minimum Gasteiger partial charge on any atom is -0.310 e. The summed E-state index contributed by atoms with van der Waals surface area (Å²) in [6, 6.07) is 105. The molecule has 0 unspecified atom stereocenters. The molecule has 0 aliphatic carbocycles. The molecule has 0 radical (unpaired) electrons. The molecule has 13 aromatic carbocycles. The Morgan fingerprint density at radius 2 is 0.674 bits per heavy atom. The van der Waals surface area contributed by atoms with E-state index < -0.39 is 0 Å². The SMILES string of the molecule is CC1(C)c2ccccc2N(c2ccccc2)c2cc3c4cc(-n5c6ccccc6c6cc(-n7c8ccccc8c8ccccc87)ccc65)ccc4c4cc5c(cc4c4cccnc4c3cc21)n(-c1ccccc1)c1ccccc1n5-c1ccccc1. The molecule has 0 saturated carbocycles. The lowest BCUT2D eigenvalue weighted by Crippen LogP contribution is -2.30. The fraction of sp³-hybridized carbons (Fsp3) is 0.0375. The summed E-state index contributed by atoms with van der Waals surface area (Å²) in [4.78, 5) is 8.00. The zero-order valence-corrected chi connectivity index (χ0v) is 47.4. The predicted molar refractivity (Wildman–Crippen MR) is 361 cm³/mol. The highest BCUT2D eigenvalue weighted by molar-refractivity contribution is 6.28. The molecule has 17 aromatic rings. The van der Waals surface area contributed by atoms with Crippen molar-refractivity contribution in [2.24, 2.45) is 0 Å². The first-order valence-electron chi connectivity index (χ1n) is 29.7. The fourth-order valence-corrected chi connectivity index (χ4v) is 14.8. The summed E-state index contributed by atoms with van der Waals surface area (Å²) < 4.78 is 9.81. The highest BCUT2D eigenvalue weighted by atomic mass is 15.2. The van der Waals surface area contributed by atoms with Crippen LogP contribution in [-0.4, -0.2) is 23.3 Å². The zero-order valence-electron chi connectivity index (χ0n) is 47.4. The van der Waals surface area contributed by atoms with Crippen molar-refractivity contribution in [1.82, 2.24) is 23.3 Å². The Hall–Kier alpha value is -11.2. The summed E-state index contributed by atoms with van der Waals surface area (Å²) in [5.41, 5.74) is 20.0. The third-order valence-corrected chi connectivity index (χ3v) is 18.6. The first-order valence-corrected chi connectivity index (χ1v) is 29.7. The number of rotatable bonds is 5. The van der Waals surface area contributed by atoms with E-state index in [1.54, 1.807) is 0 Å². The van der Waals surface area contributed by atoms with Crippen molar-refractivity contribution in [2.45, 2.75) is 19.3 Å². The lowest BCUT2D eigenvalue weighted by molar-refractivity contribution is 0.633. The van der Waals surface area contributed by atoms with E-state index in [9.17, 15) is 0 Å². The molecule has 0 spiro atoms. The molecule has 1 aliphatic rings. The second-order valence-electron chi connectivity index (χ2n) is 23.5. The molecule has 6 heteroatoms. The molecule has 0 N–H and O–H groups in total.